The standard InChI is InChI=1S/C27H28N2O4/c1-32-25-14-8-7-13-24(25)23-12-6-5-9-20(23)17-21-18-29(16-15-28-27(21)31)26(30)19-33-22-10-3-2-4-11-22/h2-14,21H,15-19H2,1H3,(H,28,31)/t21-/m1/s1. The second-order valence-electron chi connectivity index (χ2n) is 7.99. The van der Waals surface area contributed by atoms with E-state index in [4.69, 9.17) is 9.47 Å². The number of nitrogens with zero attached hydrogens (tertiary/aromatic N) is 1. The summed E-state index contributed by atoms with van der Waals surface area (Å²) in [5.41, 5.74) is 3.04. The molecule has 0 bridgehead atoms. The van der Waals surface area contributed by atoms with Crippen LogP contribution < -0.4 is 14.8 Å². The average molecular weight is 445 g/mol. The van der Waals surface area contributed by atoms with Crippen molar-refractivity contribution in [2.24, 2.45) is 5.92 Å². The van der Waals surface area contributed by atoms with Gasteiger partial charge in [0, 0.05) is 25.2 Å². The number of benzene rings is 3. The van der Waals surface area contributed by atoms with Crippen molar-refractivity contribution in [2.75, 3.05) is 33.4 Å². The topological polar surface area (TPSA) is 67.9 Å². The molecule has 0 saturated carbocycles. The Labute approximate surface area is 194 Å². The van der Waals surface area contributed by atoms with Crippen LogP contribution in [-0.2, 0) is 16.0 Å². The first-order valence-electron chi connectivity index (χ1n) is 11.1. The number of amides is 2. The molecule has 6 heteroatoms. The largest absolute Gasteiger partial charge is 0.496 e. The van der Waals surface area contributed by atoms with Gasteiger partial charge in [-0.3, -0.25) is 9.59 Å². The summed E-state index contributed by atoms with van der Waals surface area (Å²) in [7, 11) is 1.65. The van der Waals surface area contributed by atoms with Crippen LogP contribution >= 0.6 is 0 Å². The molecule has 3 aromatic rings. The van der Waals surface area contributed by atoms with Gasteiger partial charge in [-0.15, -0.1) is 0 Å². The lowest BCUT2D eigenvalue weighted by Crippen LogP contribution is -2.39. The Kier molecular flexibility index (Phi) is 7.25. The van der Waals surface area contributed by atoms with E-state index >= 15 is 0 Å². The number of hydrogen-bond acceptors (Lipinski definition) is 4. The Morgan fingerprint density at radius 3 is 2.45 bits per heavy atom. The Morgan fingerprint density at radius 1 is 0.970 bits per heavy atom. The van der Waals surface area contributed by atoms with Crippen molar-refractivity contribution in [1.82, 2.24) is 10.2 Å². The van der Waals surface area contributed by atoms with Crippen LogP contribution in [0.15, 0.2) is 78.9 Å². The third-order valence-electron chi connectivity index (χ3n) is 5.83. The fourth-order valence-corrected chi connectivity index (χ4v) is 4.13. The minimum absolute atomic E-state index is 0.0379. The molecule has 0 aromatic heterocycles. The van der Waals surface area contributed by atoms with Crippen molar-refractivity contribution < 1.29 is 19.1 Å². The van der Waals surface area contributed by atoms with Gasteiger partial charge in [-0.2, -0.15) is 0 Å². The zero-order valence-corrected chi connectivity index (χ0v) is 18.7. The first-order valence-corrected chi connectivity index (χ1v) is 11.1. The third-order valence-corrected chi connectivity index (χ3v) is 5.83. The minimum atomic E-state index is -0.357. The molecule has 1 saturated heterocycles. The molecule has 33 heavy (non-hydrogen) atoms. The van der Waals surface area contributed by atoms with E-state index in [1.165, 1.54) is 0 Å². The number of methoxy groups -OCH3 is 1. The van der Waals surface area contributed by atoms with E-state index in [0.29, 0.717) is 31.8 Å². The number of nitrogens with one attached hydrogen (secondary N) is 1. The van der Waals surface area contributed by atoms with Crippen molar-refractivity contribution >= 4 is 11.8 Å². The zero-order valence-electron chi connectivity index (χ0n) is 18.7. The fraction of sp³-hybridized carbons (Fsp3) is 0.259. The maximum absolute atomic E-state index is 12.8. The smallest absolute Gasteiger partial charge is 0.260 e. The maximum Gasteiger partial charge on any atom is 0.260 e. The lowest BCUT2D eigenvalue weighted by Gasteiger charge is -2.24. The second kappa shape index (κ2) is 10.7. The molecule has 170 valence electrons. The molecule has 4 rings (SSSR count). The molecule has 0 unspecified atom stereocenters. The van der Waals surface area contributed by atoms with E-state index < -0.39 is 0 Å². The normalized spacial score (nSPS) is 16.0. The molecule has 1 N–H and O–H groups in total. The third kappa shape index (κ3) is 5.52. The Balaban J connectivity index is 1.50. The summed E-state index contributed by atoms with van der Waals surface area (Å²) in [5, 5.41) is 2.96. The average Bonchev–Trinajstić information content (AvgIpc) is 3.05. The molecule has 1 aliphatic rings. The highest BCUT2D eigenvalue weighted by atomic mass is 16.5. The number of hydrogen-bond donors (Lipinski definition) is 1. The first-order chi connectivity index (χ1) is 16.2. The molecule has 1 heterocycles. The van der Waals surface area contributed by atoms with Crippen LogP contribution in [0, 0.1) is 5.92 Å². The first kappa shape index (κ1) is 22.4. The number of ether oxygens (including phenoxy) is 2. The van der Waals surface area contributed by atoms with Crippen LogP contribution in [0.4, 0.5) is 0 Å². The number of rotatable bonds is 7. The van der Waals surface area contributed by atoms with Gasteiger partial charge in [0.2, 0.25) is 5.91 Å². The number of carbonyl (C=O) groups is 2. The summed E-state index contributed by atoms with van der Waals surface area (Å²) in [6.07, 6.45) is 0.517. The molecule has 1 fully saturated rings. The lowest BCUT2D eigenvalue weighted by molar-refractivity contribution is -0.134. The lowest BCUT2D eigenvalue weighted by atomic mass is 9.91. The molecule has 3 aromatic carbocycles. The van der Waals surface area contributed by atoms with Gasteiger partial charge < -0.3 is 19.7 Å². The van der Waals surface area contributed by atoms with Crippen molar-refractivity contribution in [3.63, 3.8) is 0 Å². The highest BCUT2D eigenvalue weighted by molar-refractivity contribution is 5.83. The minimum Gasteiger partial charge on any atom is -0.496 e. The monoisotopic (exact) mass is 444 g/mol. The van der Waals surface area contributed by atoms with Crippen molar-refractivity contribution in [3.05, 3.63) is 84.4 Å². The van der Waals surface area contributed by atoms with Gasteiger partial charge in [0.1, 0.15) is 11.5 Å². The molecule has 1 atom stereocenters. The molecule has 0 radical (unpaired) electrons. The molecular formula is C27H28N2O4. The predicted octanol–water partition coefficient (Wildman–Crippen LogP) is 3.56. The summed E-state index contributed by atoms with van der Waals surface area (Å²) in [6.45, 7) is 1.19. The van der Waals surface area contributed by atoms with Crippen LogP contribution in [0.3, 0.4) is 0 Å². The van der Waals surface area contributed by atoms with E-state index in [2.05, 4.69) is 5.32 Å². The Morgan fingerprint density at radius 2 is 1.67 bits per heavy atom. The van der Waals surface area contributed by atoms with Gasteiger partial charge in [0.15, 0.2) is 6.61 Å². The predicted molar refractivity (Wildman–Crippen MR) is 127 cm³/mol. The second-order valence-corrected chi connectivity index (χ2v) is 7.99. The molecular weight excluding hydrogens is 416 g/mol. The maximum atomic E-state index is 12.8. The van der Waals surface area contributed by atoms with Crippen molar-refractivity contribution in [2.45, 2.75) is 6.42 Å². The summed E-state index contributed by atoms with van der Waals surface area (Å²) >= 11 is 0. The Hall–Kier alpha value is -3.80. The highest BCUT2D eigenvalue weighted by Crippen LogP contribution is 2.33. The summed E-state index contributed by atoms with van der Waals surface area (Å²) < 4.78 is 11.2. The quantitative estimate of drug-likeness (QED) is 0.605. The summed E-state index contributed by atoms with van der Waals surface area (Å²) in [5.74, 6) is 0.911. The number of para-hydroxylation sites is 2. The summed E-state index contributed by atoms with van der Waals surface area (Å²) in [6, 6.07) is 25.1. The van der Waals surface area contributed by atoms with Gasteiger partial charge in [-0.1, -0.05) is 60.7 Å². The van der Waals surface area contributed by atoms with E-state index in [1.807, 2.05) is 78.9 Å². The van der Waals surface area contributed by atoms with Crippen LogP contribution in [0.25, 0.3) is 11.1 Å². The van der Waals surface area contributed by atoms with Crippen LogP contribution in [-0.4, -0.2) is 50.1 Å². The van der Waals surface area contributed by atoms with Crippen molar-refractivity contribution in [1.29, 1.82) is 0 Å². The van der Waals surface area contributed by atoms with Crippen LogP contribution in [0.5, 0.6) is 11.5 Å². The molecule has 6 nitrogen and oxygen atoms in total. The molecule has 1 aliphatic heterocycles. The fourth-order valence-electron chi connectivity index (χ4n) is 4.13. The van der Waals surface area contributed by atoms with Gasteiger partial charge in [-0.25, -0.2) is 0 Å². The van der Waals surface area contributed by atoms with Crippen molar-refractivity contribution in [3.8, 4) is 22.6 Å². The van der Waals surface area contributed by atoms with Crippen LogP contribution in [0.2, 0.25) is 0 Å². The SMILES string of the molecule is COc1ccccc1-c1ccccc1C[C@@H]1CN(C(=O)COc2ccccc2)CCNC1=O. The van der Waals surface area contributed by atoms with E-state index in [1.54, 1.807) is 12.0 Å². The van der Waals surface area contributed by atoms with E-state index in [0.717, 1.165) is 22.4 Å². The zero-order chi connectivity index (χ0) is 23.0. The van der Waals surface area contributed by atoms with Gasteiger partial charge >= 0.3 is 0 Å². The van der Waals surface area contributed by atoms with Gasteiger partial charge in [0.05, 0.1) is 13.0 Å². The molecule has 2 amide bonds. The van der Waals surface area contributed by atoms with Crippen LogP contribution in [0.1, 0.15) is 5.56 Å². The number of carbonyl (C=O) groups excluding carboxylic acids is 2. The molecule has 0 aliphatic carbocycles. The van der Waals surface area contributed by atoms with Gasteiger partial charge in [0.25, 0.3) is 5.91 Å². The van der Waals surface area contributed by atoms with E-state index in [-0.39, 0.29) is 24.3 Å². The van der Waals surface area contributed by atoms with Gasteiger partial charge in [-0.05, 0) is 35.7 Å². The highest BCUT2D eigenvalue weighted by Gasteiger charge is 2.28. The van der Waals surface area contributed by atoms with E-state index in [9.17, 15) is 9.59 Å². The molecule has 0 spiro atoms. The summed E-state index contributed by atoms with van der Waals surface area (Å²) in [4.78, 5) is 27.4. The Bertz CT molecular complexity index is 1100.